The average Bonchev–Trinajstić information content (AvgIpc) is 2.45. The maximum atomic E-state index is 12.5. The third-order valence-corrected chi connectivity index (χ3v) is 3.69. The van der Waals surface area contributed by atoms with Gasteiger partial charge in [0.15, 0.2) is 5.78 Å². The highest BCUT2D eigenvalue weighted by molar-refractivity contribution is 6.09. The van der Waals surface area contributed by atoms with Gasteiger partial charge in [0.05, 0.1) is 12.1 Å². The molecule has 1 aromatic carbocycles. The van der Waals surface area contributed by atoms with Crippen molar-refractivity contribution in [2.24, 2.45) is 0 Å². The van der Waals surface area contributed by atoms with Gasteiger partial charge in [-0.05, 0) is 31.5 Å². The third kappa shape index (κ3) is 2.05. The van der Waals surface area contributed by atoms with Crippen molar-refractivity contribution in [3.8, 4) is 0 Å². The van der Waals surface area contributed by atoms with E-state index in [9.17, 15) is 14.4 Å². The zero-order valence-corrected chi connectivity index (χ0v) is 11.9. The molecule has 2 heterocycles. The molecule has 1 aliphatic rings. The summed E-state index contributed by atoms with van der Waals surface area (Å²) in [6.45, 7) is 4.21. The zero-order valence-electron chi connectivity index (χ0n) is 11.9. The number of esters is 1. The van der Waals surface area contributed by atoms with Crippen LogP contribution in [0.1, 0.15) is 39.6 Å². The van der Waals surface area contributed by atoms with Crippen molar-refractivity contribution in [1.82, 2.24) is 4.57 Å². The number of rotatable bonds is 2. The second-order valence-corrected chi connectivity index (χ2v) is 5.17. The maximum Gasteiger partial charge on any atom is 0.343 e. The van der Waals surface area contributed by atoms with Crippen LogP contribution in [0.4, 0.5) is 0 Å². The van der Waals surface area contributed by atoms with Gasteiger partial charge < -0.3 is 9.30 Å². The van der Waals surface area contributed by atoms with Gasteiger partial charge in [0.2, 0.25) is 5.43 Å². The summed E-state index contributed by atoms with van der Waals surface area (Å²) in [6, 6.07) is 3.52. The summed E-state index contributed by atoms with van der Waals surface area (Å²) in [7, 11) is 0. The van der Waals surface area contributed by atoms with Gasteiger partial charge in [-0.15, -0.1) is 0 Å². The Balaban J connectivity index is 2.39. The summed E-state index contributed by atoms with van der Waals surface area (Å²) < 4.78 is 6.74. The molecule has 2 aromatic rings. The van der Waals surface area contributed by atoms with Gasteiger partial charge in [-0.3, -0.25) is 9.59 Å². The van der Waals surface area contributed by atoms with Crippen LogP contribution in [0.2, 0.25) is 0 Å². The second-order valence-electron chi connectivity index (χ2n) is 5.17. The molecule has 1 aromatic heterocycles. The molecule has 0 saturated carbocycles. The van der Waals surface area contributed by atoms with Gasteiger partial charge in [0.1, 0.15) is 5.56 Å². The van der Waals surface area contributed by atoms with Crippen LogP contribution in [-0.4, -0.2) is 22.9 Å². The monoisotopic (exact) mass is 285 g/mol. The Labute approximate surface area is 121 Å². The minimum atomic E-state index is -0.617. The molecular formula is C16H15NO4. The van der Waals surface area contributed by atoms with Crippen LogP contribution in [0.5, 0.6) is 0 Å². The van der Waals surface area contributed by atoms with Gasteiger partial charge in [0.25, 0.3) is 0 Å². The van der Waals surface area contributed by atoms with E-state index in [2.05, 4.69) is 0 Å². The van der Waals surface area contributed by atoms with Crippen LogP contribution in [0.25, 0.3) is 10.9 Å². The van der Waals surface area contributed by atoms with Crippen LogP contribution < -0.4 is 5.43 Å². The molecule has 0 fully saturated rings. The molecule has 0 spiro atoms. The number of aromatic nitrogens is 1. The standard InChI is InChI=1S/C16H15NO4/c1-3-21-16(20)12-8-17-5-4-13(18)10-6-9(2)7-11(14(10)17)15(12)19/h6-8H,3-5H2,1-2H3. The number of pyridine rings is 1. The lowest BCUT2D eigenvalue weighted by molar-refractivity contribution is 0.0524. The van der Waals surface area contributed by atoms with Crippen molar-refractivity contribution in [3.05, 3.63) is 45.2 Å². The Kier molecular flexibility index (Phi) is 3.12. The molecule has 0 atom stereocenters. The lowest BCUT2D eigenvalue weighted by Crippen LogP contribution is -2.25. The first-order valence-electron chi connectivity index (χ1n) is 6.91. The Morgan fingerprint density at radius 1 is 1.33 bits per heavy atom. The number of ketones is 1. The van der Waals surface area contributed by atoms with Gasteiger partial charge in [0, 0.05) is 30.1 Å². The molecule has 5 heteroatoms. The summed E-state index contributed by atoms with van der Waals surface area (Å²) in [5, 5.41) is 0.406. The van der Waals surface area contributed by atoms with Crippen molar-refractivity contribution in [1.29, 1.82) is 0 Å². The molecule has 0 amide bonds. The number of carbonyl (C=O) groups excluding carboxylic acids is 2. The first-order valence-corrected chi connectivity index (χ1v) is 6.91. The molecule has 0 unspecified atom stereocenters. The van der Waals surface area contributed by atoms with Gasteiger partial charge in [-0.2, -0.15) is 0 Å². The molecule has 0 bridgehead atoms. The number of hydrogen-bond donors (Lipinski definition) is 0. The largest absolute Gasteiger partial charge is 0.462 e. The van der Waals surface area contributed by atoms with Crippen molar-refractivity contribution >= 4 is 22.7 Å². The Bertz CT molecular complexity index is 832. The first-order chi connectivity index (χ1) is 10.0. The van der Waals surface area contributed by atoms with Crippen molar-refractivity contribution < 1.29 is 14.3 Å². The Morgan fingerprint density at radius 2 is 2.10 bits per heavy atom. The lowest BCUT2D eigenvalue weighted by Gasteiger charge is -2.20. The van der Waals surface area contributed by atoms with E-state index in [0.717, 1.165) is 5.56 Å². The van der Waals surface area contributed by atoms with Gasteiger partial charge in [-0.1, -0.05) is 0 Å². The van der Waals surface area contributed by atoms with Gasteiger partial charge >= 0.3 is 5.97 Å². The SMILES string of the molecule is CCOC(=O)c1cn2c3c(cc(C)cc3c1=O)C(=O)CC2. The topological polar surface area (TPSA) is 65.4 Å². The lowest BCUT2D eigenvalue weighted by atomic mass is 9.96. The second kappa shape index (κ2) is 4.84. The molecular weight excluding hydrogens is 270 g/mol. The smallest absolute Gasteiger partial charge is 0.343 e. The highest BCUT2D eigenvalue weighted by atomic mass is 16.5. The van der Waals surface area contributed by atoms with E-state index in [-0.39, 0.29) is 23.4 Å². The fourth-order valence-electron chi connectivity index (χ4n) is 2.79. The van der Waals surface area contributed by atoms with Crippen molar-refractivity contribution in [2.45, 2.75) is 26.8 Å². The molecule has 108 valence electrons. The van der Waals surface area contributed by atoms with Crippen LogP contribution in [0.3, 0.4) is 0 Å². The van der Waals surface area contributed by atoms with E-state index < -0.39 is 5.97 Å². The van der Waals surface area contributed by atoms with Crippen LogP contribution in [0, 0.1) is 6.92 Å². The fourth-order valence-corrected chi connectivity index (χ4v) is 2.79. The Hall–Kier alpha value is -2.43. The minimum absolute atomic E-state index is 0.0234. The summed E-state index contributed by atoms with van der Waals surface area (Å²) in [5.74, 6) is -0.583. The normalized spacial score (nSPS) is 13.5. The number of nitrogens with zero attached hydrogens (tertiary/aromatic N) is 1. The summed E-state index contributed by atoms with van der Waals surface area (Å²) in [6.07, 6.45) is 1.88. The molecule has 21 heavy (non-hydrogen) atoms. The van der Waals surface area contributed by atoms with Crippen LogP contribution in [0.15, 0.2) is 23.1 Å². The predicted molar refractivity (Wildman–Crippen MR) is 77.8 cm³/mol. The molecule has 0 N–H and O–H groups in total. The number of aryl methyl sites for hydroxylation is 2. The average molecular weight is 285 g/mol. The molecule has 1 aliphatic heterocycles. The molecule has 0 radical (unpaired) electrons. The number of Topliss-reactive ketones (excluding diaryl/α,β-unsaturated/α-hetero) is 1. The quantitative estimate of drug-likeness (QED) is 0.792. The van der Waals surface area contributed by atoms with Crippen molar-refractivity contribution in [3.63, 3.8) is 0 Å². The number of benzene rings is 1. The Morgan fingerprint density at radius 3 is 2.81 bits per heavy atom. The van der Waals surface area contributed by atoms with Gasteiger partial charge in [-0.25, -0.2) is 4.79 Å². The zero-order chi connectivity index (χ0) is 15.1. The van der Waals surface area contributed by atoms with E-state index in [1.165, 1.54) is 6.20 Å². The summed E-state index contributed by atoms with van der Waals surface area (Å²) in [5.41, 5.74) is 1.66. The number of carbonyl (C=O) groups is 2. The van der Waals surface area contributed by atoms with E-state index in [4.69, 9.17) is 4.74 Å². The fraction of sp³-hybridized carbons (Fsp3) is 0.312. The van der Waals surface area contributed by atoms with Crippen LogP contribution in [-0.2, 0) is 11.3 Å². The third-order valence-electron chi connectivity index (χ3n) is 3.69. The molecule has 3 rings (SSSR count). The molecule has 0 saturated heterocycles. The molecule has 0 aliphatic carbocycles. The molecule has 5 nitrogen and oxygen atoms in total. The number of ether oxygens (including phenoxy) is 1. The van der Waals surface area contributed by atoms with E-state index >= 15 is 0 Å². The van der Waals surface area contributed by atoms with Crippen LogP contribution >= 0.6 is 0 Å². The summed E-state index contributed by atoms with van der Waals surface area (Å²) in [4.78, 5) is 36.5. The first kappa shape index (κ1) is 13.5. The van der Waals surface area contributed by atoms with E-state index in [1.807, 2.05) is 6.92 Å². The predicted octanol–water partition coefficient (Wildman–Crippen LogP) is 2.07. The number of hydrogen-bond acceptors (Lipinski definition) is 4. The maximum absolute atomic E-state index is 12.5. The summed E-state index contributed by atoms with van der Waals surface area (Å²) >= 11 is 0. The highest BCUT2D eigenvalue weighted by Crippen LogP contribution is 2.25. The van der Waals surface area contributed by atoms with Crippen molar-refractivity contribution in [2.75, 3.05) is 6.61 Å². The minimum Gasteiger partial charge on any atom is -0.462 e. The highest BCUT2D eigenvalue weighted by Gasteiger charge is 2.24. The van der Waals surface area contributed by atoms with E-state index in [1.54, 1.807) is 23.6 Å². The van der Waals surface area contributed by atoms with E-state index in [0.29, 0.717) is 29.4 Å².